The topological polar surface area (TPSA) is 96.9 Å². The maximum absolute atomic E-state index is 12.5. The van der Waals surface area contributed by atoms with Gasteiger partial charge in [0, 0.05) is 44.2 Å². The minimum atomic E-state index is -0.397. The van der Waals surface area contributed by atoms with Crippen molar-refractivity contribution >= 4 is 41.0 Å². The zero-order chi connectivity index (χ0) is 26.3. The smallest absolute Gasteiger partial charge is 0.230 e. The molecule has 36 heavy (non-hydrogen) atoms. The molecule has 1 N–H and O–H groups in total. The molecule has 2 amide bonds. The highest BCUT2D eigenvalue weighted by Crippen LogP contribution is 2.28. The zero-order valence-electron chi connectivity index (χ0n) is 21.5. The van der Waals surface area contributed by atoms with E-state index in [1.165, 1.54) is 11.8 Å². The third-order valence-corrected chi connectivity index (χ3v) is 6.75. The van der Waals surface area contributed by atoms with Crippen LogP contribution in [0.2, 0.25) is 5.15 Å². The third kappa shape index (κ3) is 7.64. The number of nitrogens with zero attached hydrogens (tertiary/aromatic N) is 4. The van der Waals surface area contributed by atoms with Crippen molar-refractivity contribution in [1.29, 1.82) is 0 Å². The Morgan fingerprint density at radius 2 is 1.75 bits per heavy atom. The van der Waals surface area contributed by atoms with E-state index in [1.54, 1.807) is 20.3 Å². The minimum absolute atomic E-state index is 0.111. The van der Waals surface area contributed by atoms with Gasteiger partial charge in [0.1, 0.15) is 11.0 Å². The molecule has 0 radical (unpaired) electrons. The predicted molar refractivity (Wildman–Crippen MR) is 142 cm³/mol. The fraction of sp³-hybridized carbons (Fsp3) is 0.520. The molecule has 1 aliphatic rings. The lowest BCUT2D eigenvalue weighted by molar-refractivity contribution is -0.139. The highest BCUT2D eigenvalue weighted by molar-refractivity contribution is 7.99. The molecular formula is C25H34ClN5O4S. The Balaban J connectivity index is 1.48. The summed E-state index contributed by atoms with van der Waals surface area (Å²) in [4.78, 5) is 37.7. The van der Waals surface area contributed by atoms with Crippen LogP contribution in [0, 0.1) is 5.41 Å². The number of thioether (sulfide) groups is 1. The number of halogens is 1. The van der Waals surface area contributed by atoms with Crippen molar-refractivity contribution < 1.29 is 19.1 Å². The number of benzene rings is 1. The fourth-order valence-electron chi connectivity index (χ4n) is 3.79. The van der Waals surface area contributed by atoms with Crippen molar-refractivity contribution in [3.63, 3.8) is 0 Å². The van der Waals surface area contributed by atoms with Crippen LogP contribution in [0.4, 0.5) is 5.82 Å². The van der Waals surface area contributed by atoms with Gasteiger partial charge in [0.25, 0.3) is 0 Å². The molecule has 0 bridgehead atoms. The summed E-state index contributed by atoms with van der Waals surface area (Å²) in [6.45, 7) is 8.87. The van der Waals surface area contributed by atoms with Crippen LogP contribution >= 0.6 is 23.4 Å². The van der Waals surface area contributed by atoms with Gasteiger partial charge >= 0.3 is 0 Å². The van der Waals surface area contributed by atoms with Gasteiger partial charge in [-0.25, -0.2) is 9.97 Å². The summed E-state index contributed by atoms with van der Waals surface area (Å²) >= 11 is 7.49. The molecule has 0 aliphatic carbocycles. The standard InChI is InChI=1S/C25H34ClN5O4S/c1-25(2,3)23(33)31-12-10-30(11-13-31)21-15-20(26)28-24(29-21)36-16-22(32)27-9-8-17-6-7-18(34-4)19(14-17)35-5/h6-7,14-15H,8-13,16H2,1-5H3,(H,27,32). The molecule has 11 heteroatoms. The average Bonchev–Trinajstić information content (AvgIpc) is 2.86. The molecule has 9 nitrogen and oxygen atoms in total. The summed E-state index contributed by atoms with van der Waals surface area (Å²) in [5.41, 5.74) is 0.638. The lowest BCUT2D eigenvalue weighted by Crippen LogP contribution is -2.51. The number of aromatic nitrogens is 2. The van der Waals surface area contributed by atoms with E-state index in [1.807, 2.05) is 43.9 Å². The Morgan fingerprint density at radius 1 is 1.06 bits per heavy atom. The van der Waals surface area contributed by atoms with Crippen LogP contribution in [0.25, 0.3) is 0 Å². The van der Waals surface area contributed by atoms with Crippen LogP contribution in [0.5, 0.6) is 11.5 Å². The number of methoxy groups -OCH3 is 2. The zero-order valence-corrected chi connectivity index (χ0v) is 23.0. The van der Waals surface area contributed by atoms with Crippen molar-refractivity contribution in [3.05, 3.63) is 35.0 Å². The van der Waals surface area contributed by atoms with E-state index >= 15 is 0 Å². The predicted octanol–water partition coefficient (Wildman–Crippen LogP) is 3.29. The number of rotatable bonds is 9. The largest absolute Gasteiger partial charge is 0.493 e. The maximum atomic E-state index is 12.5. The number of anilines is 1. The molecule has 2 heterocycles. The number of carbonyl (C=O) groups excluding carboxylic acids is 2. The fourth-order valence-corrected chi connectivity index (χ4v) is 4.70. The Hall–Kier alpha value is -2.72. The maximum Gasteiger partial charge on any atom is 0.230 e. The summed E-state index contributed by atoms with van der Waals surface area (Å²) in [6, 6.07) is 7.42. The lowest BCUT2D eigenvalue weighted by atomic mass is 9.94. The monoisotopic (exact) mass is 535 g/mol. The lowest BCUT2D eigenvalue weighted by Gasteiger charge is -2.38. The van der Waals surface area contributed by atoms with Crippen LogP contribution in [0.1, 0.15) is 26.3 Å². The van der Waals surface area contributed by atoms with E-state index in [-0.39, 0.29) is 17.6 Å². The second kappa shape index (κ2) is 12.5. The molecule has 0 atom stereocenters. The van der Waals surface area contributed by atoms with Crippen LogP contribution < -0.4 is 19.7 Å². The first-order valence-corrected chi connectivity index (χ1v) is 13.2. The van der Waals surface area contributed by atoms with Gasteiger partial charge in [0.2, 0.25) is 11.8 Å². The van der Waals surface area contributed by atoms with Gasteiger partial charge in [-0.05, 0) is 24.1 Å². The van der Waals surface area contributed by atoms with Crippen molar-refractivity contribution in [2.75, 3.05) is 57.6 Å². The van der Waals surface area contributed by atoms with E-state index in [4.69, 9.17) is 21.1 Å². The molecule has 196 valence electrons. The molecule has 0 saturated carbocycles. The van der Waals surface area contributed by atoms with Gasteiger partial charge in [-0.15, -0.1) is 0 Å². The minimum Gasteiger partial charge on any atom is -0.493 e. The Morgan fingerprint density at radius 3 is 2.39 bits per heavy atom. The summed E-state index contributed by atoms with van der Waals surface area (Å²) in [7, 11) is 3.19. The van der Waals surface area contributed by atoms with Gasteiger partial charge < -0.3 is 24.6 Å². The normalized spacial score (nSPS) is 13.9. The molecule has 1 fully saturated rings. The summed E-state index contributed by atoms with van der Waals surface area (Å²) in [5, 5.41) is 3.69. The third-order valence-electron chi connectivity index (χ3n) is 5.71. The Bertz CT molecular complexity index is 1070. The number of piperazine rings is 1. The van der Waals surface area contributed by atoms with Crippen LogP contribution in [0.3, 0.4) is 0 Å². The van der Waals surface area contributed by atoms with Gasteiger partial charge in [0.05, 0.1) is 20.0 Å². The van der Waals surface area contributed by atoms with E-state index in [0.717, 1.165) is 5.56 Å². The van der Waals surface area contributed by atoms with Gasteiger partial charge in [-0.2, -0.15) is 0 Å². The first-order valence-electron chi connectivity index (χ1n) is 11.8. The van der Waals surface area contributed by atoms with Crippen LogP contribution in [-0.4, -0.2) is 79.4 Å². The number of amides is 2. The molecule has 0 unspecified atom stereocenters. The quantitative estimate of drug-likeness (QED) is 0.297. The molecule has 1 aromatic heterocycles. The average molecular weight is 536 g/mol. The highest BCUT2D eigenvalue weighted by atomic mass is 35.5. The Kier molecular flexibility index (Phi) is 9.67. The molecule has 3 rings (SSSR count). The first kappa shape index (κ1) is 27.9. The van der Waals surface area contributed by atoms with E-state index in [0.29, 0.717) is 66.8 Å². The van der Waals surface area contributed by atoms with Crippen LogP contribution in [0.15, 0.2) is 29.4 Å². The summed E-state index contributed by atoms with van der Waals surface area (Å²) < 4.78 is 10.6. The van der Waals surface area contributed by atoms with E-state index < -0.39 is 5.41 Å². The molecule has 2 aromatic rings. The number of hydrogen-bond donors (Lipinski definition) is 1. The molecule has 1 saturated heterocycles. The number of nitrogens with one attached hydrogen (secondary N) is 1. The SMILES string of the molecule is COc1ccc(CCNC(=O)CSc2nc(Cl)cc(N3CCN(C(=O)C(C)(C)C)CC3)n2)cc1OC. The van der Waals surface area contributed by atoms with Gasteiger partial charge in [-0.3, -0.25) is 9.59 Å². The van der Waals surface area contributed by atoms with Crippen molar-refractivity contribution in [1.82, 2.24) is 20.2 Å². The number of carbonyl (C=O) groups is 2. The first-order chi connectivity index (χ1) is 17.1. The van der Waals surface area contributed by atoms with Gasteiger partial charge in [-0.1, -0.05) is 50.2 Å². The number of ether oxygens (including phenoxy) is 2. The molecular weight excluding hydrogens is 502 g/mol. The second-order valence-corrected chi connectivity index (χ2v) is 10.8. The summed E-state index contributed by atoms with van der Waals surface area (Å²) in [6.07, 6.45) is 0.665. The van der Waals surface area contributed by atoms with Crippen LogP contribution in [-0.2, 0) is 16.0 Å². The molecule has 1 aromatic carbocycles. The summed E-state index contributed by atoms with van der Waals surface area (Å²) in [5.74, 6) is 2.25. The van der Waals surface area contributed by atoms with Crippen molar-refractivity contribution in [3.8, 4) is 11.5 Å². The highest BCUT2D eigenvalue weighted by Gasteiger charge is 2.30. The molecule has 0 spiro atoms. The number of hydrogen-bond acceptors (Lipinski definition) is 8. The van der Waals surface area contributed by atoms with Crippen molar-refractivity contribution in [2.24, 2.45) is 5.41 Å². The van der Waals surface area contributed by atoms with E-state index in [2.05, 4.69) is 20.2 Å². The van der Waals surface area contributed by atoms with Crippen molar-refractivity contribution in [2.45, 2.75) is 32.3 Å². The van der Waals surface area contributed by atoms with E-state index in [9.17, 15) is 9.59 Å². The Labute approximate surface area is 221 Å². The second-order valence-electron chi connectivity index (χ2n) is 9.44. The molecule has 1 aliphatic heterocycles. The van der Waals surface area contributed by atoms with Gasteiger partial charge in [0.15, 0.2) is 16.7 Å².